The number of likely N-dealkylation sites (tertiary alicyclic amines) is 1. The first-order valence-corrected chi connectivity index (χ1v) is 9.76. The fourth-order valence-corrected chi connectivity index (χ4v) is 3.92. The number of morpholine rings is 1. The van der Waals surface area contributed by atoms with Crippen molar-refractivity contribution in [3.05, 3.63) is 42.1 Å². The van der Waals surface area contributed by atoms with Crippen LogP contribution in [0.1, 0.15) is 30.3 Å². The molecule has 0 N–H and O–H groups in total. The van der Waals surface area contributed by atoms with Crippen LogP contribution in [0.15, 0.2) is 30.6 Å². The maximum Gasteiger partial charge on any atom is 0.236 e. The van der Waals surface area contributed by atoms with Crippen LogP contribution >= 0.6 is 0 Å². The van der Waals surface area contributed by atoms with Crippen molar-refractivity contribution in [1.82, 2.24) is 24.3 Å². The predicted molar refractivity (Wildman–Crippen MR) is 102 cm³/mol. The van der Waals surface area contributed by atoms with Gasteiger partial charge in [0.05, 0.1) is 19.8 Å². The summed E-state index contributed by atoms with van der Waals surface area (Å²) in [7, 11) is 0. The van der Waals surface area contributed by atoms with Gasteiger partial charge in [0, 0.05) is 50.2 Å². The van der Waals surface area contributed by atoms with E-state index in [0.29, 0.717) is 6.54 Å². The molecule has 0 bridgehead atoms. The molecule has 7 heteroatoms. The lowest BCUT2D eigenvalue weighted by Crippen LogP contribution is -2.47. The molecule has 7 nitrogen and oxygen atoms in total. The maximum absolute atomic E-state index is 12.8. The SMILES string of the molecule is Cc1nccn1-c1cccc(C2CCCN(C(=O)CN3CCOCC3)C2)n1. The summed E-state index contributed by atoms with van der Waals surface area (Å²) in [5.41, 5.74) is 1.06. The van der Waals surface area contributed by atoms with Crippen LogP contribution < -0.4 is 0 Å². The molecule has 4 heterocycles. The lowest BCUT2D eigenvalue weighted by atomic mass is 9.94. The van der Waals surface area contributed by atoms with Crippen LogP contribution in [0.5, 0.6) is 0 Å². The molecule has 0 saturated carbocycles. The van der Waals surface area contributed by atoms with E-state index in [9.17, 15) is 4.79 Å². The average molecular weight is 369 g/mol. The highest BCUT2D eigenvalue weighted by atomic mass is 16.5. The van der Waals surface area contributed by atoms with E-state index >= 15 is 0 Å². The van der Waals surface area contributed by atoms with Crippen molar-refractivity contribution >= 4 is 5.91 Å². The molecule has 0 aliphatic carbocycles. The van der Waals surface area contributed by atoms with E-state index in [0.717, 1.165) is 69.6 Å². The fraction of sp³-hybridized carbons (Fsp3) is 0.550. The van der Waals surface area contributed by atoms with E-state index < -0.39 is 0 Å². The predicted octanol–water partition coefficient (Wildman–Crippen LogP) is 1.61. The molecule has 144 valence electrons. The molecule has 0 aromatic carbocycles. The zero-order chi connectivity index (χ0) is 18.6. The number of piperidine rings is 1. The number of aromatic nitrogens is 3. The quantitative estimate of drug-likeness (QED) is 0.819. The average Bonchev–Trinajstić information content (AvgIpc) is 3.15. The molecule has 1 amide bonds. The minimum absolute atomic E-state index is 0.225. The summed E-state index contributed by atoms with van der Waals surface area (Å²) < 4.78 is 7.36. The number of imidazole rings is 1. The largest absolute Gasteiger partial charge is 0.379 e. The van der Waals surface area contributed by atoms with Crippen molar-refractivity contribution in [3.8, 4) is 5.82 Å². The van der Waals surface area contributed by atoms with E-state index in [2.05, 4.69) is 16.0 Å². The number of hydrogen-bond donors (Lipinski definition) is 0. The molecular formula is C20H27N5O2. The lowest BCUT2D eigenvalue weighted by Gasteiger charge is -2.35. The van der Waals surface area contributed by atoms with Gasteiger partial charge in [-0.2, -0.15) is 0 Å². The molecule has 4 rings (SSSR count). The standard InChI is InChI=1S/C20H27N5O2/c1-16-21-7-9-25(16)19-6-2-5-18(22-19)17-4-3-8-24(14-17)20(26)15-23-10-12-27-13-11-23/h2,5-7,9,17H,3-4,8,10-15H2,1H3. The highest BCUT2D eigenvalue weighted by molar-refractivity contribution is 5.78. The first kappa shape index (κ1) is 18.1. The van der Waals surface area contributed by atoms with Gasteiger partial charge < -0.3 is 9.64 Å². The molecule has 1 unspecified atom stereocenters. The van der Waals surface area contributed by atoms with Crippen molar-refractivity contribution < 1.29 is 9.53 Å². The number of amides is 1. The summed E-state index contributed by atoms with van der Waals surface area (Å²) >= 11 is 0. The number of carbonyl (C=O) groups excluding carboxylic acids is 1. The Morgan fingerprint density at radius 1 is 1.26 bits per heavy atom. The van der Waals surface area contributed by atoms with Crippen molar-refractivity contribution in [2.75, 3.05) is 45.9 Å². The Morgan fingerprint density at radius 2 is 2.11 bits per heavy atom. The van der Waals surface area contributed by atoms with E-state index in [1.807, 2.05) is 34.7 Å². The Morgan fingerprint density at radius 3 is 2.89 bits per heavy atom. The van der Waals surface area contributed by atoms with Gasteiger partial charge >= 0.3 is 0 Å². The zero-order valence-electron chi connectivity index (χ0n) is 15.9. The first-order chi connectivity index (χ1) is 13.2. The molecule has 2 aliphatic rings. The zero-order valence-corrected chi connectivity index (χ0v) is 15.9. The second kappa shape index (κ2) is 8.19. The molecule has 2 aromatic rings. The first-order valence-electron chi connectivity index (χ1n) is 9.76. The molecule has 0 radical (unpaired) electrons. The van der Waals surface area contributed by atoms with Gasteiger partial charge in [0.15, 0.2) is 0 Å². The molecule has 1 atom stereocenters. The van der Waals surface area contributed by atoms with Crippen molar-refractivity contribution in [3.63, 3.8) is 0 Å². The highest BCUT2D eigenvalue weighted by Crippen LogP contribution is 2.26. The molecule has 2 aliphatic heterocycles. The van der Waals surface area contributed by atoms with Gasteiger partial charge in [0.1, 0.15) is 11.6 Å². The Kier molecular flexibility index (Phi) is 5.50. The van der Waals surface area contributed by atoms with Crippen LogP contribution in [0, 0.1) is 6.92 Å². The van der Waals surface area contributed by atoms with Gasteiger partial charge in [0.2, 0.25) is 5.91 Å². The topological polar surface area (TPSA) is 63.5 Å². The van der Waals surface area contributed by atoms with Gasteiger partial charge in [-0.25, -0.2) is 9.97 Å². The summed E-state index contributed by atoms with van der Waals surface area (Å²) in [6.45, 7) is 7.20. The Balaban J connectivity index is 1.43. The molecule has 0 spiro atoms. The van der Waals surface area contributed by atoms with Crippen LogP contribution in [-0.2, 0) is 9.53 Å². The monoisotopic (exact) mass is 369 g/mol. The maximum atomic E-state index is 12.8. The smallest absolute Gasteiger partial charge is 0.236 e. The second-order valence-corrected chi connectivity index (χ2v) is 7.33. The third-order valence-electron chi connectivity index (χ3n) is 5.48. The van der Waals surface area contributed by atoms with Gasteiger partial charge in [-0.3, -0.25) is 14.3 Å². The number of pyridine rings is 1. The van der Waals surface area contributed by atoms with Crippen molar-refractivity contribution in [2.24, 2.45) is 0 Å². The van der Waals surface area contributed by atoms with E-state index in [1.54, 1.807) is 6.20 Å². The van der Waals surface area contributed by atoms with E-state index in [1.165, 1.54) is 0 Å². The lowest BCUT2D eigenvalue weighted by molar-refractivity contribution is -0.134. The van der Waals surface area contributed by atoms with Gasteiger partial charge in [-0.15, -0.1) is 0 Å². The van der Waals surface area contributed by atoms with Crippen LogP contribution in [-0.4, -0.2) is 76.2 Å². The number of nitrogens with zero attached hydrogens (tertiary/aromatic N) is 5. The number of aryl methyl sites for hydroxylation is 1. The van der Waals surface area contributed by atoms with Crippen LogP contribution in [0.3, 0.4) is 0 Å². The minimum Gasteiger partial charge on any atom is -0.379 e. The molecular weight excluding hydrogens is 342 g/mol. The molecule has 2 aromatic heterocycles. The number of ether oxygens (including phenoxy) is 1. The molecule has 2 fully saturated rings. The number of hydrogen-bond acceptors (Lipinski definition) is 5. The third kappa shape index (κ3) is 4.20. The normalized spacial score (nSPS) is 21.4. The summed E-state index contributed by atoms with van der Waals surface area (Å²) in [4.78, 5) is 26.1. The van der Waals surface area contributed by atoms with Crippen LogP contribution in [0.2, 0.25) is 0 Å². The summed E-state index contributed by atoms with van der Waals surface area (Å²) in [5.74, 6) is 2.32. The summed E-state index contributed by atoms with van der Waals surface area (Å²) in [6, 6.07) is 6.13. The van der Waals surface area contributed by atoms with Gasteiger partial charge in [-0.05, 0) is 31.9 Å². The molecule has 27 heavy (non-hydrogen) atoms. The van der Waals surface area contributed by atoms with E-state index in [4.69, 9.17) is 9.72 Å². The molecule has 2 saturated heterocycles. The van der Waals surface area contributed by atoms with Crippen molar-refractivity contribution in [1.29, 1.82) is 0 Å². The summed E-state index contributed by atoms with van der Waals surface area (Å²) in [6.07, 6.45) is 5.81. The number of carbonyl (C=O) groups is 1. The van der Waals surface area contributed by atoms with Crippen molar-refractivity contribution in [2.45, 2.75) is 25.7 Å². The third-order valence-corrected chi connectivity index (χ3v) is 5.48. The second-order valence-electron chi connectivity index (χ2n) is 7.33. The van der Waals surface area contributed by atoms with Crippen LogP contribution in [0.4, 0.5) is 0 Å². The Hall–Kier alpha value is -2.25. The van der Waals surface area contributed by atoms with Crippen LogP contribution in [0.25, 0.3) is 5.82 Å². The van der Waals surface area contributed by atoms with E-state index in [-0.39, 0.29) is 11.8 Å². The minimum atomic E-state index is 0.225. The van der Waals surface area contributed by atoms with Gasteiger partial charge in [-0.1, -0.05) is 6.07 Å². The Bertz CT molecular complexity index is 784. The van der Waals surface area contributed by atoms with Gasteiger partial charge in [0.25, 0.3) is 0 Å². The number of rotatable bonds is 4. The summed E-state index contributed by atoms with van der Waals surface area (Å²) in [5, 5.41) is 0. The highest BCUT2D eigenvalue weighted by Gasteiger charge is 2.27. The fourth-order valence-electron chi connectivity index (χ4n) is 3.92. The Labute approximate surface area is 160 Å².